The Morgan fingerprint density at radius 3 is 2.47 bits per heavy atom. The molecule has 1 aromatic rings. The van der Waals surface area contributed by atoms with Crippen LogP contribution < -0.4 is 0 Å². The lowest BCUT2D eigenvalue weighted by molar-refractivity contribution is 1.23. The van der Waals surface area contributed by atoms with E-state index in [-0.39, 0.29) is 5.38 Å². The first kappa shape index (κ1) is 12.4. The summed E-state index contributed by atoms with van der Waals surface area (Å²) >= 11 is 7.41. The highest BCUT2D eigenvalue weighted by atomic mass is 35.5. The van der Waals surface area contributed by atoms with Gasteiger partial charge in [0.05, 0.1) is 6.07 Å². The molecule has 1 unspecified atom stereocenters. The molecular formula is C12H14ClNS. The van der Waals surface area contributed by atoms with Gasteiger partial charge in [-0.15, -0.1) is 11.6 Å². The molecule has 1 nitrogen and oxygen atoms in total. The standard InChI is InChI=1S/C12H14ClNS/c1-9-3-10(2)5-11(4-9)7-15-8-12(13)6-14/h3-5,12H,7-8H2,1-2H3. The van der Waals surface area contributed by atoms with E-state index in [2.05, 4.69) is 32.0 Å². The zero-order valence-electron chi connectivity index (χ0n) is 8.96. The van der Waals surface area contributed by atoms with Crippen molar-refractivity contribution in [3.63, 3.8) is 0 Å². The van der Waals surface area contributed by atoms with Crippen molar-refractivity contribution < 1.29 is 0 Å². The predicted octanol–water partition coefficient (Wildman–Crippen LogP) is 3.67. The summed E-state index contributed by atoms with van der Waals surface area (Å²) in [5.41, 5.74) is 3.88. The third-order valence-electron chi connectivity index (χ3n) is 1.95. The van der Waals surface area contributed by atoms with E-state index >= 15 is 0 Å². The van der Waals surface area contributed by atoms with E-state index in [1.807, 2.05) is 6.07 Å². The molecule has 0 aromatic heterocycles. The Labute approximate surface area is 100 Å². The normalized spacial score (nSPS) is 12.1. The van der Waals surface area contributed by atoms with Crippen LogP contribution in [-0.2, 0) is 5.75 Å². The van der Waals surface area contributed by atoms with Gasteiger partial charge in [0.25, 0.3) is 0 Å². The summed E-state index contributed by atoms with van der Waals surface area (Å²) in [5, 5.41) is 8.15. The van der Waals surface area contributed by atoms with Gasteiger partial charge in [0.15, 0.2) is 0 Å². The lowest BCUT2D eigenvalue weighted by atomic mass is 10.1. The Kier molecular flexibility index (Phi) is 5.01. The van der Waals surface area contributed by atoms with Gasteiger partial charge < -0.3 is 0 Å². The number of nitrogens with zero attached hydrogens (tertiary/aromatic N) is 1. The van der Waals surface area contributed by atoms with Crippen molar-refractivity contribution in [2.45, 2.75) is 25.0 Å². The van der Waals surface area contributed by atoms with Crippen molar-refractivity contribution in [3.8, 4) is 6.07 Å². The minimum atomic E-state index is -0.374. The minimum Gasteiger partial charge on any atom is -0.197 e. The monoisotopic (exact) mass is 239 g/mol. The van der Waals surface area contributed by atoms with Crippen LogP contribution >= 0.6 is 23.4 Å². The predicted molar refractivity (Wildman–Crippen MR) is 67.3 cm³/mol. The van der Waals surface area contributed by atoms with E-state index in [0.29, 0.717) is 5.75 Å². The Hall–Kier alpha value is -0.650. The average molecular weight is 240 g/mol. The fourth-order valence-corrected chi connectivity index (χ4v) is 2.54. The maximum absolute atomic E-state index is 8.52. The molecule has 0 saturated heterocycles. The highest BCUT2D eigenvalue weighted by Crippen LogP contribution is 2.17. The zero-order chi connectivity index (χ0) is 11.3. The smallest absolute Gasteiger partial charge is 0.129 e. The molecule has 0 radical (unpaired) electrons. The van der Waals surface area contributed by atoms with Crippen molar-refractivity contribution in [1.82, 2.24) is 0 Å². The molecule has 0 spiro atoms. The van der Waals surface area contributed by atoms with Crippen molar-refractivity contribution in [1.29, 1.82) is 5.26 Å². The number of rotatable bonds is 4. The Balaban J connectivity index is 2.48. The minimum absolute atomic E-state index is 0.374. The molecule has 0 aliphatic carbocycles. The molecule has 0 aliphatic heterocycles. The highest BCUT2D eigenvalue weighted by molar-refractivity contribution is 7.98. The van der Waals surface area contributed by atoms with E-state index in [1.54, 1.807) is 11.8 Å². The van der Waals surface area contributed by atoms with Gasteiger partial charge in [-0.3, -0.25) is 0 Å². The number of nitriles is 1. The molecule has 0 fully saturated rings. The highest BCUT2D eigenvalue weighted by Gasteiger charge is 2.02. The van der Waals surface area contributed by atoms with Gasteiger partial charge in [-0.05, 0) is 19.4 Å². The maximum atomic E-state index is 8.52. The van der Waals surface area contributed by atoms with Crippen LogP contribution in [0, 0.1) is 25.2 Å². The van der Waals surface area contributed by atoms with Gasteiger partial charge in [-0.2, -0.15) is 17.0 Å². The molecule has 80 valence electrons. The summed E-state index contributed by atoms with van der Waals surface area (Å²) in [6.45, 7) is 4.20. The summed E-state index contributed by atoms with van der Waals surface area (Å²) in [7, 11) is 0. The Morgan fingerprint density at radius 1 is 1.33 bits per heavy atom. The molecule has 0 N–H and O–H groups in total. The van der Waals surface area contributed by atoms with Crippen LogP contribution in [0.15, 0.2) is 18.2 Å². The van der Waals surface area contributed by atoms with Gasteiger partial charge in [-0.25, -0.2) is 0 Å². The molecule has 15 heavy (non-hydrogen) atoms. The molecule has 1 atom stereocenters. The number of hydrogen-bond donors (Lipinski definition) is 0. The third kappa shape index (κ3) is 4.59. The van der Waals surface area contributed by atoms with Gasteiger partial charge in [0, 0.05) is 11.5 Å². The first-order chi connectivity index (χ1) is 7.11. The van der Waals surface area contributed by atoms with Crippen molar-refractivity contribution in [2.24, 2.45) is 0 Å². The molecule has 0 amide bonds. The van der Waals surface area contributed by atoms with Crippen molar-refractivity contribution in [3.05, 3.63) is 34.9 Å². The first-order valence-corrected chi connectivity index (χ1v) is 6.39. The maximum Gasteiger partial charge on any atom is 0.129 e. The summed E-state index contributed by atoms with van der Waals surface area (Å²) < 4.78 is 0. The molecule has 0 heterocycles. The fourth-order valence-electron chi connectivity index (χ4n) is 1.47. The Morgan fingerprint density at radius 2 is 1.93 bits per heavy atom. The van der Waals surface area contributed by atoms with Gasteiger partial charge >= 0.3 is 0 Å². The van der Waals surface area contributed by atoms with Crippen molar-refractivity contribution >= 4 is 23.4 Å². The topological polar surface area (TPSA) is 23.8 Å². The van der Waals surface area contributed by atoms with E-state index in [9.17, 15) is 0 Å². The fraction of sp³-hybridized carbons (Fsp3) is 0.417. The second-order valence-electron chi connectivity index (χ2n) is 3.61. The van der Waals surface area contributed by atoms with Crippen LogP contribution in [0.25, 0.3) is 0 Å². The second kappa shape index (κ2) is 6.05. The number of alkyl halides is 1. The Bertz CT molecular complexity index is 350. The SMILES string of the molecule is Cc1cc(C)cc(CSCC(Cl)C#N)c1. The van der Waals surface area contributed by atoms with Crippen LogP contribution in [0.1, 0.15) is 16.7 Å². The van der Waals surface area contributed by atoms with Crippen LogP contribution in [0.5, 0.6) is 0 Å². The van der Waals surface area contributed by atoms with Gasteiger partial charge in [0.2, 0.25) is 0 Å². The lowest BCUT2D eigenvalue weighted by Gasteiger charge is -2.05. The van der Waals surface area contributed by atoms with Gasteiger partial charge in [-0.1, -0.05) is 29.3 Å². The largest absolute Gasteiger partial charge is 0.197 e. The molecule has 3 heteroatoms. The molecule has 1 rings (SSSR count). The van der Waals surface area contributed by atoms with E-state index in [0.717, 1.165) is 5.75 Å². The van der Waals surface area contributed by atoms with Crippen LogP contribution in [-0.4, -0.2) is 11.1 Å². The number of halogens is 1. The molecule has 0 bridgehead atoms. The number of aryl methyl sites for hydroxylation is 2. The quantitative estimate of drug-likeness (QED) is 0.749. The van der Waals surface area contributed by atoms with E-state index in [1.165, 1.54) is 16.7 Å². The summed E-state index contributed by atoms with van der Waals surface area (Å²) in [4.78, 5) is 0. The molecule has 0 aliphatic rings. The number of benzene rings is 1. The van der Waals surface area contributed by atoms with Crippen molar-refractivity contribution in [2.75, 3.05) is 5.75 Å². The molecule has 0 saturated carbocycles. The summed E-state index contributed by atoms with van der Waals surface area (Å²) in [6, 6.07) is 8.53. The van der Waals surface area contributed by atoms with E-state index < -0.39 is 0 Å². The average Bonchev–Trinajstić information content (AvgIpc) is 2.16. The first-order valence-electron chi connectivity index (χ1n) is 4.80. The lowest BCUT2D eigenvalue weighted by Crippen LogP contribution is -1.97. The number of hydrogen-bond acceptors (Lipinski definition) is 2. The van der Waals surface area contributed by atoms with Crippen LogP contribution in [0.3, 0.4) is 0 Å². The van der Waals surface area contributed by atoms with Gasteiger partial charge in [0.1, 0.15) is 5.38 Å². The third-order valence-corrected chi connectivity index (χ3v) is 3.50. The number of thioether (sulfide) groups is 1. The second-order valence-corrected chi connectivity index (χ2v) is 5.16. The summed E-state index contributed by atoms with van der Waals surface area (Å²) in [5.74, 6) is 1.61. The van der Waals surface area contributed by atoms with E-state index in [4.69, 9.17) is 16.9 Å². The zero-order valence-corrected chi connectivity index (χ0v) is 10.5. The summed E-state index contributed by atoms with van der Waals surface area (Å²) in [6.07, 6.45) is 0. The van der Waals surface area contributed by atoms with Crippen LogP contribution in [0.2, 0.25) is 0 Å². The molecular weight excluding hydrogens is 226 g/mol. The molecule has 1 aromatic carbocycles. The van der Waals surface area contributed by atoms with Crippen LogP contribution in [0.4, 0.5) is 0 Å².